The second-order valence-corrected chi connectivity index (χ2v) is 10.1. The fourth-order valence-electron chi connectivity index (χ4n) is 5.00. The van der Waals surface area contributed by atoms with Gasteiger partial charge in [0.05, 0.1) is 0 Å². The van der Waals surface area contributed by atoms with Crippen molar-refractivity contribution < 1.29 is 9.90 Å². The van der Waals surface area contributed by atoms with Gasteiger partial charge >= 0.3 is 5.97 Å². The van der Waals surface area contributed by atoms with Gasteiger partial charge in [0.15, 0.2) is 5.16 Å². The fourth-order valence-corrected chi connectivity index (χ4v) is 8.75. The van der Waals surface area contributed by atoms with Gasteiger partial charge in [-0.1, -0.05) is 97.9 Å². The lowest BCUT2D eigenvalue weighted by Gasteiger charge is -2.32. The molecule has 1 aliphatic heterocycles. The van der Waals surface area contributed by atoms with E-state index >= 15 is 0 Å². The first-order chi connectivity index (χ1) is 14.2. The van der Waals surface area contributed by atoms with E-state index in [1.54, 1.807) is 0 Å². The molecule has 1 N–H and O–H groups in total. The molecule has 29 heavy (non-hydrogen) atoms. The van der Waals surface area contributed by atoms with Gasteiger partial charge in [-0.25, -0.2) is 4.79 Å². The number of hydrogen-bond donors (Lipinski definition) is 1. The van der Waals surface area contributed by atoms with Gasteiger partial charge in [-0.3, -0.25) is 0 Å². The van der Waals surface area contributed by atoms with E-state index in [1.807, 2.05) is 19.1 Å². The molecule has 0 aromatic heterocycles. The molecule has 0 spiro atoms. The number of hydrogen-bond acceptors (Lipinski definition) is 1. The second kappa shape index (κ2) is 8.35. The minimum atomic E-state index is -0.894. The van der Waals surface area contributed by atoms with Gasteiger partial charge in [0.25, 0.3) is 0 Å². The maximum Gasteiger partial charge on any atom is 0.374 e. The van der Waals surface area contributed by atoms with E-state index in [9.17, 15) is 9.90 Å². The number of carbonyl (C=O) groups is 1. The normalized spacial score (nSPS) is 19.7. The summed E-state index contributed by atoms with van der Waals surface area (Å²) in [7, 11) is -0.894. The predicted molar refractivity (Wildman–Crippen MR) is 122 cm³/mol. The molecule has 0 saturated carbocycles. The van der Waals surface area contributed by atoms with Crippen molar-refractivity contribution >= 4 is 18.8 Å². The molecule has 2 atom stereocenters. The number of rotatable bonds is 5. The third kappa shape index (κ3) is 3.32. The van der Waals surface area contributed by atoms with Crippen LogP contribution in [0.1, 0.15) is 42.4 Å². The van der Waals surface area contributed by atoms with Crippen LogP contribution in [0.4, 0.5) is 0 Å². The fraction of sp³-hybridized carbons (Fsp3) is 0.231. The lowest BCUT2D eigenvalue weighted by molar-refractivity contribution is -0.129. The van der Waals surface area contributed by atoms with Crippen LogP contribution in [0.25, 0.3) is 0 Å². The first kappa shape index (κ1) is 19.6. The van der Waals surface area contributed by atoms with Gasteiger partial charge in [-0.15, -0.1) is 0 Å². The molecule has 0 bridgehead atoms. The van der Waals surface area contributed by atoms with E-state index < -0.39 is 13.5 Å². The summed E-state index contributed by atoms with van der Waals surface area (Å²) in [5, 5.41) is 10.5. The second-order valence-electron chi connectivity index (χ2n) is 7.51. The summed E-state index contributed by atoms with van der Waals surface area (Å²) in [6, 6.07) is 31.8. The van der Waals surface area contributed by atoms with Gasteiger partial charge in [-0.2, -0.15) is 0 Å². The zero-order valence-electron chi connectivity index (χ0n) is 16.7. The maximum atomic E-state index is 12.3. The van der Waals surface area contributed by atoms with Crippen molar-refractivity contribution in [1.29, 1.82) is 0 Å². The largest absolute Gasteiger partial charge is 0.475 e. The minimum absolute atomic E-state index is 0.250. The van der Waals surface area contributed by atoms with Gasteiger partial charge in [0.1, 0.15) is 13.7 Å². The van der Waals surface area contributed by atoms with E-state index in [0.29, 0.717) is 11.7 Å². The first-order valence-corrected chi connectivity index (χ1v) is 11.7. The van der Waals surface area contributed by atoms with Crippen molar-refractivity contribution in [2.75, 3.05) is 6.16 Å². The Kier molecular flexibility index (Phi) is 5.65. The number of carboxylic acid groups (broad SMARTS) is 1. The van der Waals surface area contributed by atoms with Crippen LogP contribution in [0.3, 0.4) is 0 Å². The molecule has 1 aliphatic rings. The summed E-state index contributed by atoms with van der Waals surface area (Å²) in [4.78, 5) is 12.3. The molecular formula is C26H26O2P+. The molecule has 3 heteroatoms. The van der Waals surface area contributed by atoms with Crippen LogP contribution in [0.5, 0.6) is 0 Å². The first-order valence-electron chi connectivity index (χ1n) is 10.2. The third-order valence-electron chi connectivity index (χ3n) is 6.11. The Morgan fingerprint density at radius 1 is 0.897 bits per heavy atom. The highest BCUT2D eigenvalue weighted by Gasteiger charge is 2.60. The molecule has 146 valence electrons. The van der Waals surface area contributed by atoms with E-state index in [-0.39, 0.29) is 11.1 Å². The van der Waals surface area contributed by atoms with Crippen LogP contribution in [0.15, 0.2) is 91.0 Å². The summed E-state index contributed by atoms with van der Waals surface area (Å²) in [5.74, 6) is -0.482. The average molecular weight is 401 g/mol. The maximum absolute atomic E-state index is 12.3. The number of carboxylic acids is 1. The molecule has 1 fully saturated rings. The summed E-state index contributed by atoms with van der Waals surface area (Å²) >= 11 is 0. The Hall–Kier alpha value is -2.70. The van der Waals surface area contributed by atoms with Crippen molar-refractivity contribution in [3.8, 4) is 0 Å². The van der Waals surface area contributed by atoms with E-state index in [4.69, 9.17) is 0 Å². The molecule has 3 aromatic carbocycles. The van der Waals surface area contributed by atoms with Crippen LogP contribution in [0.2, 0.25) is 0 Å². The molecular weight excluding hydrogens is 375 g/mol. The Morgan fingerprint density at radius 2 is 1.38 bits per heavy atom. The van der Waals surface area contributed by atoms with E-state index in [1.165, 1.54) is 16.7 Å². The van der Waals surface area contributed by atoms with Gasteiger partial charge in [0.2, 0.25) is 5.29 Å². The summed E-state index contributed by atoms with van der Waals surface area (Å²) in [5.41, 5.74) is 3.76. The molecule has 1 heterocycles. The molecule has 0 aliphatic carbocycles. The third-order valence-corrected chi connectivity index (χ3v) is 9.65. The van der Waals surface area contributed by atoms with Crippen LogP contribution in [-0.2, 0) is 9.95 Å². The summed E-state index contributed by atoms with van der Waals surface area (Å²) < 4.78 is 0. The molecule has 4 rings (SSSR count). The van der Waals surface area contributed by atoms with E-state index in [0.717, 1.165) is 12.6 Å². The minimum Gasteiger partial charge on any atom is -0.475 e. The van der Waals surface area contributed by atoms with Gasteiger partial charge < -0.3 is 5.11 Å². The van der Waals surface area contributed by atoms with Crippen molar-refractivity contribution in [3.63, 3.8) is 0 Å². The topological polar surface area (TPSA) is 37.3 Å². The Morgan fingerprint density at radius 3 is 1.83 bits per heavy atom. The monoisotopic (exact) mass is 401 g/mol. The highest BCUT2D eigenvalue weighted by Crippen LogP contribution is 2.67. The zero-order valence-corrected chi connectivity index (χ0v) is 17.6. The van der Waals surface area contributed by atoms with Crippen molar-refractivity contribution in [2.45, 2.75) is 30.8 Å². The standard InChI is InChI=1S/C26H25O2P/c1-2-24(25(27)28)29-19-18-23(20-12-6-3-7-13-20)26(29,21-14-8-4-9-15-21)22-16-10-5-11-17-22/h3-17,23H,2,18-19H2,1H3/p+1. The molecule has 2 unspecified atom stereocenters. The highest BCUT2D eigenvalue weighted by molar-refractivity contribution is 7.62. The van der Waals surface area contributed by atoms with Crippen molar-refractivity contribution in [1.82, 2.24) is 0 Å². The van der Waals surface area contributed by atoms with Gasteiger partial charge in [0, 0.05) is 23.5 Å². The molecule has 0 radical (unpaired) electrons. The van der Waals surface area contributed by atoms with Crippen molar-refractivity contribution in [2.24, 2.45) is 0 Å². The Bertz CT molecular complexity index is 971. The molecule has 0 amide bonds. The zero-order chi connectivity index (χ0) is 20.3. The van der Waals surface area contributed by atoms with Crippen LogP contribution >= 0.6 is 7.55 Å². The van der Waals surface area contributed by atoms with Crippen molar-refractivity contribution in [3.05, 3.63) is 108 Å². The number of aliphatic carboxylic acids is 1. The lowest BCUT2D eigenvalue weighted by atomic mass is 9.75. The van der Waals surface area contributed by atoms with E-state index in [2.05, 4.69) is 78.9 Å². The van der Waals surface area contributed by atoms with Crippen LogP contribution in [0, 0.1) is 0 Å². The highest BCUT2D eigenvalue weighted by atomic mass is 31.1. The smallest absolute Gasteiger partial charge is 0.374 e. The lowest BCUT2D eigenvalue weighted by Crippen LogP contribution is -2.30. The Balaban J connectivity index is 2.11. The molecule has 1 saturated heterocycles. The average Bonchev–Trinajstić information content (AvgIpc) is 3.17. The predicted octanol–water partition coefficient (Wildman–Crippen LogP) is 6.27. The summed E-state index contributed by atoms with van der Waals surface area (Å²) in [6.45, 7) is 1.99. The quantitative estimate of drug-likeness (QED) is 0.512. The molecule has 3 aromatic rings. The van der Waals surface area contributed by atoms with Crippen LogP contribution in [-0.4, -0.2) is 22.5 Å². The summed E-state index contributed by atoms with van der Waals surface area (Å²) in [6.07, 6.45) is 2.52. The Labute approximate surface area is 173 Å². The number of benzene rings is 3. The molecule has 2 nitrogen and oxygen atoms in total. The SMILES string of the molecule is CCC(C(=O)O)=[P+]1CCC(c2ccccc2)C1(c1ccccc1)c1ccccc1. The van der Waals surface area contributed by atoms with Crippen LogP contribution < -0.4 is 0 Å². The van der Waals surface area contributed by atoms with Gasteiger partial charge in [-0.05, 0) is 12.0 Å².